The van der Waals surface area contributed by atoms with E-state index < -0.39 is 10.5 Å². The summed E-state index contributed by atoms with van der Waals surface area (Å²) < 4.78 is 5.41. The fraction of sp³-hybridized carbons (Fsp3) is 0.529. The molecule has 1 aliphatic heterocycles. The highest BCUT2D eigenvalue weighted by atomic mass is 32.1. The summed E-state index contributed by atoms with van der Waals surface area (Å²) in [6.45, 7) is 9.12. The van der Waals surface area contributed by atoms with Crippen LogP contribution in [0.4, 0.5) is 16.2 Å². The summed E-state index contributed by atoms with van der Waals surface area (Å²) in [5.74, 6) is 0. The van der Waals surface area contributed by atoms with Crippen LogP contribution in [0.5, 0.6) is 0 Å². The summed E-state index contributed by atoms with van der Waals surface area (Å²) in [6.07, 6.45) is -0.321. The maximum absolute atomic E-state index is 12.2. The monoisotopic (exact) mass is 380 g/mol. The van der Waals surface area contributed by atoms with Crippen molar-refractivity contribution in [3.63, 3.8) is 0 Å². The van der Waals surface area contributed by atoms with Crippen molar-refractivity contribution in [1.29, 1.82) is 0 Å². The first-order chi connectivity index (χ1) is 12.1. The van der Waals surface area contributed by atoms with E-state index in [1.165, 1.54) is 12.1 Å². The number of carbonyl (C=O) groups is 1. The molecule has 1 aliphatic rings. The van der Waals surface area contributed by atoms with Gasteiger partial charge in [-0.2, -0.15) is 0 Å². The van der Waals surface area contributed by atoms with Crippen molar-refractivity contribution in [1.82, 2.24) is 9.80 Å². The Hall–Kier alpha value is -2.42. The van der Waals surface area contributed by atoms with Gasteiger partial charge in [0.1, 0.15) is 5.60 Å². The van der Waals surface area contributed by atoms with Crippen LogP contribution >= 0.6 is 12.2 Å². The number of nitro benzene ring substituents is 1. The molecule has 26 heavy (non-hydrogen) atoms. The normalized spacial score (nSPS) is 17.6. The zero-order chi connectivity index (χ0) is 19.5. The Balaban J connectivity index is 1.93. The quantitative estimate of drug-likeness (QED) is 0.479. The van der Waals surface area contributed by atoms with Crippen molar-refractivity contribution >= 4 is 34.8 Å². The van der Waals surface area contributed by atoms with Gasteiger partial charge in [-0.1, -0.05) is 0 Å². The number of rotatable bonds is 2. The van der Waals surface area contributed by atoms with E-state index in [1.54, 1.807) is 17.0 Å². The maximum atomic E-state index is 12.2. The van der Waals surface area contributed by atoms with Gasteiger partial charge in [-0.15, -0.1) is 0 Å². The lowest BCUT2D eigenvalue weighted by molar-refractivity contribution is -0.384. The number of carbonyl (C=O) groups excluding carboxylic acids is 1. The fourth-order valence-electron chi connectivity index (χ4n) is 2.61. The van der Waals surface area contributed by atoms with Crippen LogP contribution in [0, 0.1) is 10.1 Å². The van der Waals surface area contributed by atoms with Gasteiger partial charge in [0.2, 0.25) is 0 Å². The predicted molar refractivity (Wildman–Crippen MR) is 103 cm³/mol. The molecule has 0 aromatic heterocycles. The van der Waals surface area contributed by atoms with Gasteiger partial charge >= 0.3 is 6.09 Å². The summed E-state index contributed by atoms with van der Waals surface area (Å²) in [4.78, 5) is 26.1. The molecule has 1 saturated heterocycles. The van der Waals surface area contributed by atoms with Crippen LogP contribution in [0.15, 0.2) is 24.3 Å². The van der Waals surface area contributed by atoms with E-state index >= 15 is 0 Å². The molecule has 1 fully saturated rings. The number of nitrogens with zero attached hydrogens (tertiary/aromatic N) is 3. The molecule has 1 atom stereocenters. The Morgan fingerprint density at radius 3 is 2.42 bits per heavy atom. The molecule has 1 aromatic rings. The molecular weight excluding hydrogens is 356 g/mol. The first-order valence-corrected chi connectivity index (χ1v) is 8.77. The average molecular weight is 380 g/mol. The first-order valence-electron chi connectivity index (χ1n) is 8.37. The van der Waals surface area contributed by atoms with Gasteiger partial charge in [-0.25, -0.2) is 4.79 Å². The van der Waals surface area contributed by atoms with E-state index in [2.05, 4.69) is 5.32 Å². The Labute approximate surface area is 158 Å². The topological polar surface area (TPSA) is 88.0 Å². The number of thiocarbonyl (C=S) groups is 1. The van der Waals surface area contributed by atoms with E-state index in [0.717, 1.165) is 0 Å². The second-order valence-electron chi connectivity index (χ2n) is 7.20. The summed E-state index contributed by atoms with van der Waals surface area (Å²) in [5, 5.41) is 14.3. The standard InChI is InChI=1S/C17H24N4O4S/c1-12-11-19(16(22)25-17(2,3)4)9-10-20(12)15(26)18-13-5-7-14(8-6-13)21(23)24/h5-8,12H,9-11H2,1-4H3,(H,18,26). The lowest BCUT2D eigenvalue weighted by Crippen LogP contribution is -2.56. The second-order valence-corrected chi connectivity index (χ2v) is 7.59. The molecule has 2 rings (SSSR count). The van der Waals surface area contributed by atoms with Crippen LogP contribution in [0.1, 0.15) is 27.7 Å². The number of benzene rings is 1. The molecule has 0 bridgehead atoms. The van der Waals surface area contributed by atoms with E-state index in [4.69, 9.17) is 17.0 Å². The molecule has 1 heterocycles. The molecule has 1 N–H and O–H groups in total. The molecular formula is C17H24N4O4S. The van der Waals surface area contributed by atoms with Gasteiger partial charge < -0.3 is 19.9 Å². The SMILES string of the molecule is CC1CN(C(=O)OC(C)(C)C)CCN1C(=S)Nc1ccc([N+](=O)[O-])cc1. The predicted octanol–water partition coefficient (Wildman–Crippen LogP) is 3.23. The lowest BCUT2D eigenvalue weighted by atomic mass is 10.2. The number of anilines is 1. The van der Waals surface area contributed by atoms with Crippen molar-refractivity contribution in [2.24, 2.45) is 0 Å². The highest BCUT2D eigenvalue weighted by molar-refractivity contribution is 7.80. The molecule has 1 unspecified atom stereocenters. The van der Waals surface area contributed by atoms with Gasteiger partial charge in [-0.05, 0) is 52.0 Å². The first kappa shape index (κ1) is 19.9. The fourth-order valence-corrected chi connectivity index (χ4v) is 3.00. The number of nitro groups is 1. The molecule has 0 saturated carbocycles. The summed E-state index contributed by atoms with van der Waals surface area (Å²) >= 11 is 5.46. The molecule has 0 aliphatic carbocycles. The molecule has 8 nitrogen and oxygen atoms in total. The molecule has 1 amide bonds. The third-order valence-corrected chi connectivity index (χ3v) is 4.21. The van der Waals surface area contributed by atoms with Crippen molar-refractivity contribution in [3.8, 4) is 0 Å². The smallest absolute Gasteiger partial charge is 0.410 e. The van der Waals surface area contributed by atoms with Crippen LogP contribution < -0.4 is 5.32 Å². The van der Waals surface area contributed by atoms with Gasteiger partial charge in [0.15, 0.2) is 5.11 Å². The number of hydrogen-bond donors (Lipinski definition) is 1. The Morgan fingerprint density at radius 1 is 1.31 bits per heavy atom. The number of ether oxygens (including phenoxy) is 1. The molecule has 1 aromatic carbocycles. The van der Waals surface area contributed by atoms with Crippen LogP contribution in [0.3, 0.4) is 0 Å². The molecule has 9 heteroatoms. The van der Waals surface area contributed by atoms with E-state index in [9.17, 15) is 14.9 Å². The largest absolute Gasteiger partial charge is 0.444 e. The van der Waals surface area contributed by atoms with Gasteiger partial charge in [-0.3, -0.25) is 10.1 Å². The Kier molecular flexibility index (Phi) is 6.01. The number of piperazine rings is 1. The van der Waals surface area contributed by atoms with Crippen molar-refractivity contribution in [3.05, 3.63) is 34.4 Å². The third kappa shape index (κ3) is 5.29. The molecule has 0 spiro atoms. The lowest BCUT2D eigenvalue weighted by Gasteiger charge is -2.41. The van der Waals surface area contributed by atoms with Crippen molar-refractivity contribution in [2.75, 3.05) is 25.0 Å². The maximum Gasteiger partial charge on any atom is 0.410 e. The van der Waals surface area contributed by atoms with Crippen LogP contribution in [-0.2, 0) is 4.74 Å². The summed E-state index contributed by atoms with van der Waals surface area (Å²) in [5.41, 5.74) is 0.188. The van der Waals surface area contributed by atoms with Gasteiger partial charge in [0.05, 0.1) is 4.92 Å². The van der Waals surface area contributed by atoms with Crippen LogP contribution in [-0.4, -0.2) is 57.2 Å². The third-order valence-electron chi connectivity index (χ3n) is 3.87. The van der Waals surface area contributed by atoms with Gasteiger partial charge in [0, 0.05) is 43.5 Å². The number of nitrogens with one attached hydrogen (secondary N) is 1. The number of non-ortho nitro benzene ring substituents is 1. The van der Waals surface area contributed by atoms with Crippen molar-refractivity contribution in [2.45, 2.75) is 39.3 Å². The van der Waals surface area contributed by atoms with E-state index in [-0.39, 0.29) is 17.8 Å². The highest BCUT2D eigenvalue weighted by Gasteiger charge is 2.30. The zero-order valence-corrected chi connectivity index (χ0v) is 16.2. The van der Waals surface area contributed by atoms with E-state index in [0.29, 0.717) is 30.4 Å². The average Bonchev–Trinajstić information content (AvgIpc) is 2.53. The Bertz CT molecular complexity index is 687. The van der Waals surface area contributed by atoms with Crippen molar-refractivity contribution < 1.29 is 14.5 Å². The molecule has 0 radical (unpaired) electrons. The summed E-state index contributed by atoms with van der Waals surface area (Å²) in [7, 11) is 0. The zero-order valence-electron chi connectivity index (χ0n) is 15.4. The molecule has 142 valence electrons. The minimum absolute atomic E-state index is 0.0225. The summed E-state index contributed by atoms with van der Waals surface area (Å²) in [6, 6.07) is 6.11. The van der Waals surface area contributed by atoms with Gasteiger partial charge in [0.25, 0.3) is 5.69 Å². The minimum Gasteiger partial charge on any atom is -0.444 e. The highest BCUT2D eigenvalue weighted by Crippen LogP contribution is 2.18. The number of hydrogen-bond acceptors (Lipinski definition) is 5. The second kappa shape index (κ2) is 7.86. The Morgan fingerprint density at radius 2 is 1.92 bits per heavy atom. The van der Waals surface area contributed by atoms with Crippen LogP contribution in [0.2, 0.25) is 0 Å². The number of amides is 1. The van der Waals surface area contributed by atoms with E-state index in [1.807, 2.05) is 32.6 Å². The minimum atomic E-state index is -0.524. The van der Waals surface area contributed by atoms with Crippen LogP contribution in [0.25, 0.3) is 0 Å².